The molecule has 0 aliphatic carbocycles. The topological polar surface area (TPSA) is 49.4 Å². The van der Waals surface area contributed by atoms with Crippen LogP contribution in [0, 0.1) is 5.92 Å². The molecule has 3 atom stereocenters. The predicted molar refractivity (Wildman–Crippen MR) is 63.2 cm³/mol. The summed E-state index contributed by atoms with van der Waals surface area (Å²) in [6, 6.07) is -1.57. The Morgan fingerprint density at radius 1 is 1.37 bits per heavy atom. The normalized spacial score (nSPS) is 26.3. The number of alkyl halides is 3. The quantitative estimate of drug-likeness (QED) is 0.852. The van der Waals surface area contributed by atoms with E-state index in [9.17, 15) is 22.8 Å². The lowest BCUT2D eigenvalue weighted by molar-refractivity contribution is -0.158. The van der Waals surface area contributed by atoms with Crippen LogP contribution in [0.25, 0.3) is 0 Å². The monoisotopic (exact) mass is 280 g/mol. The molecule has 110 valence electrons. The van der Waals surface area contributed by atoms with Crippen molar-refractivity contribution in [1.29, 1.82) is 0 Å². The fourth-order valence-corrected chi connectivity index (χ4v) is 2.02. The summed E-state index contributed by atoms with van der Waals surface area (Å²) in [5, 5.41) is 2.58. The molecule has 0 spiro atoms. The van der Waals surface area contributed by atoms with E-state index in [2.05, 4.69) is 5.32 Å². The molecule has 0 aromatic carbocycles. The summed E-state index contributed by atoms with van der Waals surface area (Å²) < 4.78 is 36.7. The molecule has 1 fully saturated rings. The molecule has 1 aliphatic rings. The van der Waals surface area contributed by atoms with E-state index in [0.717, 1.165) is 4.90 Å². The number of hydrogen-bond acceptors (Lipinski definition) is 2. The zero-order valence-corrected chi connectivity index (χ0v) is 11.3. The highest BCUT2D eigenvalue weighted by Crippen LogP contribution is 2.23. The van der Waals surface area contributed by atoms with E-state index < -0.39 is 43.0 Å². The second kappa shape index (κ2) is 5.79. The average Bonchev–Trinajstić information content (AvgIpc) is 2.31. The zero-order chi connectivity index (χ0) is 14.8. The van der Waals surface area contributed by atoms with Gasteiger partial charge in [0.05, 0.1) is 6.42 Å². The SMILES string of the molecule is CCC(C)C1NC(=O)C(C)N(CCC(F)(F)F)C1=O. The van der Waals surface area contributed by atoms with Crippen LogP contribution in [-0.2, 0) is 9.59 Å². The minimum atomic E-state index is -4.33. The summed E-state index contributed by atoms with van der Waals surface area (Å²) in [5.41, 5.74) is 0. The summed E-state index contributed by atoms with van der Waals surface area (Å²) in [7, 11) is 0. The molecule has 0 bridgehead atoms. The average molecular weight is 280 g/mol. The van der Waals surface area contributed by atoms with Gasteiger partial charge in [-0.25, -0.2) is 0 Å². The van der Waals surface area contributed by atoms with Crippen LogP contribution in [0.3, 0.4) is 0 Å². The van der Waals surface area contributed by atoms with Crippen LogP contribution in [0.1, 0.15) is 33.6 Å². The summed E-state index contributed by atoms with van der Waals surface area (Å²) in [4.78, 5) is 24.9. The van der Waals surface area contributed by atoms with Crippen LogP contribution in [0.15, 0.2) is 0 Å². The molecule has 19 heavy (non-hydrogen) atoms. The lowest BCUT2D eigenvalue weighted by Crippen LogP contribution is -2.64. The van der Waals surface area contributed by atoms with E-state index in [1.165, 1.54) is 6.92 Å². The molecule has 0 saturated carbocycles. The molecule has 2 amide bonds. The first-order valence-corrected chi connectivity index (χ1v) is 6.35. The molecule has 3 unspecified atom stereocenters. The van der Waals surface area contributed by atoms with Gasteiger partial charge in [-0.15, -0.1) is 0 Å². The van der Waals surface area contributed by atoms with E-state index in [4.69, 9.17) is 0 Å². The molecular weight excluding hydrogens is 261 g/mol. The standard InChI is InChI=1S/C12H19F3N2O2/c1-4-7(2)9-11(19)17(6-5-12(13,14)15)8(3)10(18)16-9/h7-9H,4-6H2,1-3H3,(H,16,18). The van der Waals surface area contributed by atoms with Crippen LogP contribution < -0.4 is 5.32 Å². The van der Waals surface area contributed by atoms with Gasteiger partial charge in [-0.05, 0) is 12.8 Å². The van der Waals surface area contributed by atoms with Gasteiger partial charge in [0.2, 0.25) is 11.8 Å². The number of rotatable bonds is 4. The highest BCUT2D eigenvalue weighted by Gasteiger charge is 2.41. The highest BCUT2D eigenvalue weighted by molar-refractivity contribution is 5.96. The highest BCUT2D eigenvalue weighted by atomic mass is 19.4. The first kappa shape index (κ1) is 15.8. The van der Waals surface area contributed by atoms with E-state index in [-0.39, 0.29) is 5.92 Å². The molecule has 4 nitrogen and oxygen atoms in total. The molecule has 1 saturated heterocycles. The Bertz CT molecular complexity index is 357. The maximum atomic E-state index is 12.2. The molecule has 0 radical (unpaired) electrons. The van der Waals surface area contributed by atoms with Crippen molar-refractivity contribution >= 4 is 11.8 Å². The zero-order valence-electron chi connectivity index (χ0n) is 11.3. The molecule has 1 aliphatic heterocycles. The van der Waals surface area contributed by atoms with E-state index >= 15 is 0 Å². The minimum absolute atomic E-state index is 0.0997. The molecule has 0 aromatic rings. The van der Waals surface area contributed by atoms with Crippen molar-refractivity contribution in [1.82, 2.24) is 10.2 Å². The van der Waals surface area contributed by atoms with Gasteiger partial charge in [-0.2, -0.15) is 13.2 Å². The number of halogens is 3. The van der Waals surface area contributed by atoms with Gasteiger partial charge in [-0.3, -0.25) is 9.59 Å². The first-order valence-electron chi connectivity index (χ1n) is 6.35. The van der Waals surface area contributed by atoms with Crippen molar-refractivity contribution in [2.24, 2.45) is 5.92 Å². The van der Waals surface area contributed by atoms with Crippen molar-refractivity contribution < 1.29 is 22.8 Å². The summed E-state index contributed by atoms with van der Waals surface area (Å²) >= 11 is 0. The van der Waals surface area contributed by atoms with Crippen LogP contribution in [-0.4, -0.2) is 41.5 Å². The fourth-order valence-electron chi connectivity index (χ4n) is 2.02. The van der Waals surface area contributed by atoms with Crippen LogP contribution in [0.5, 0.6) is 0 Å². The van der Waals surface area contributed by atoms with Crippen molar-refractivity contribution in [3.05, 3.63) is 0 Å². The summed E-state index contributed by atoms with van der Waals surface area (Å²) in [6.07, 6.45) is -4.76. The number of amides is 2. The van der Waals surface area contributed by atoms with Gasteiger partial charge in [0.25, 0.3) is 0 Å². The van der Waals surface area contributed by atoms with Crippen molar-refractivity contribution in [2.75, 3.05) is 6.54 Å². The molecule has 1 N–H and O–H groups in total. The van der Waals surface area contributed by atoms with E-state index in [1.807, 2.05) is 6.92 Å². The lowest BCUT2D eigenvalue weighted by atomic mass is 9.94. The second-order valence-corrected chi connectivity index (χ2v) is 4.94. The third-order valence-electron chi connectivity index (χ3n) is 3.54. The molecule has 0 aromatic heterocycles. The maximum absolute atomic E-state index is 12.2. The van der Waals surface area contributed by atoms with Crippen molar-refractivity contribution in [2.45, 2.75) is 51.9 Å². The maximum Gasteiger partial charge on any atom is 0.390 e. The third kappa shape index (κ3) is 3.84. The Morgan fingerprint density at radius 3 is 2.42 bits per heavy atom. The number of nitrogens with zero attached hydrogens (tertiary/aromatic N) is 1. The van der Waals surface area contributed by atoms with Crippen molar-refractivity contribution in [3.8, 4) is 0 Å². The third-order valence-corrected chi connectivity index (χ3v) is 3.54. The van der Waals surface area contributed by atoms with Crippen LogP contribution >= 0.6 is 0 Å². The second-order valence-electron chi connectivity index (χ2n) is 4.94. The first-order chi connectivity index (χ1) is 8.67. The predicted octanol–water partition coefficient (Wildman–Crippen LogP) is 1.70. The smallest absolute Gasteiger partial charge is 0.342 e. The van der Waals surface area contributed by atoms with Gasteiger partial charge in [0, 0.05) is 6.54 Å². The fraction of sp³-hybridized carbons (Fsp3) is 0.833. The van der Waals surface area contributed by atoms with Crippen molar-refractivity contribution in [3.63, 3.8) is 0 Å². The summed E-state index contributed by atoms with van der Waals surface area (Å²) in [6.45, 7) is 4.63. The van der Waals surface area contributed by atoms with Gasteiger partial charge < -0.3 is 10.2 Å². The molecular formula is C12H19F3N2O2. The largest absolute Gasteiger partial charge is 0.390 e. The Kier molecular flexibility index (Phi) is 4.81. The lowest BCUT2D eigenvalue weighted by Gasteiger charge is -2.39. The van der Waals surface area contributed by atoms with Crippen LogP contribution in [0.4, 0.5) is 13.2 Å². The molecule has 1 heterocycles. The minimum Gasteiger partial charge on any atom is -0.342 e. The van der Waals surface area contributed by atoms with Gasteiger partial charge in [0.15, 0.2) is 0 Å². The number of nitrogens with one attached hydrogen (secondary N) is 1. The number of piperazine rings is 1. The number of carbonyl (C=O) groups is 2. The Morgan fingerprint density at radius 2 is 1.95 bits per heavy atom. The van der Waals surface area contributed by atoms with Gasteiger partial charge in [-0.1, -0.05) is 20.3 Å². The van der Waals surface area contributed by atoms with Crippen LogP contribution in [0.2, 0.25) is 0 Å². The Balaban J connectivity index is 2.81. The van der Waals surface area contributed by atoms with E-state index in [0.29, 0.717) is 6.42 Å². The van der Waals surface area contributed by atoms with Gasteiger partial charge in [0.1, 0.15) is 12.1 Å². The number of carbonyl (C=O) groups excluding carboxylic acids is 2. The van der Waals surface area contributed by atoms with E-state index in [1.54, 1.807) is 6.92 Å². The number of hydrogen-bond donors (Lipinski definition) is 1. The molecule has 7 heteroatoms. The van der Waals surface area contributed by atoms with Gasteiger partial charge >= 0.3 is 6.18 Å². The molecule has 1 rings (SSSR count). The Hall–Kier alpha value is -1.27. The Labute approximate surface area is 110 Å². The summed E-state index contributed by atoms with van der Waals surface area (Å²) in [5.74, 6) is -0.921.